The molecule has 0 atom stereocenters. The summed E-state index contributed by atoms with van der Waals surface area (Å²) in [5.74, 6) is -0.737. The van der Waals surface area contributed by atoms with E-state index in [1.165, 1.54) is 18.9 Å². The van der Waals surface area contributed by atoms with Gasteiger partial charge < -0.3 is 14.4 Å². The third-order valence-corrected chi connectivity index (χ3v) is 5.39. The number of hydrogen-bond donors (Lipinski definition) is 1. The molecule has 0 saturated carbocycles. The van der Waals surface area contributed by atoms with E-state index in [-0.39, 0.29) is 12.5 Å². The van der Waals surface area contributed by atoms with Crippen molar-refractivity contribution < 1.29 is 19.4 Å². The number of esters is 1. The summed E-state index contributed by atoms with van der Waals surface area (Å²) in [6.07, 6.45) is 0. The van der Waals surface area contributed by atoms with Crippen molar-refractivity contribution in [2.45, 2.75) is 31.3 Å². The number of carbonyl (C=O) groups excluding carboxylic acids is 1. The van der Waals surface area contributed by atoms with Crippen LogP contribution in [0.15, 0.2) is 41.6 Å². The molecule has 0 aliphatic heterocycles. The third-order valence-electron chi connectivity index (χ3n) is 4.34. The van der Waals surface area contributed by atoms with Crippen LogP contribution >= 0.6 is 11.8 Å². The van der Waals surface area contributed by atoms with E-state index in [1.54, 1.807) is 22.8 Å². The lowest BCUT2D eigenvalue weighted by Crippen LogP contribution is -2.10. The van der Waals surface area contributed by atoms with Gasteiger partial charge in [0.1, 0.15) is 6.54 Å². The van der Waals surface area contributed by atoms with Gasteiger partial charge in [-0.15, -0.1) is 0 Å². The van der Waals surface area contributed by atoms with Crippen LogP contribution in [0.2, 0.25) is 0 Å². The molecule has 0 unspecified atom stereocenters. The van der Waals surface area contributed by atoms with Gasteiger partial charge in [-0.1, -0.05) is 23.9 Å². The van der Waals surface area contributed by atoms with Gasteiger partial charge in [-0.25, -0.2) is 9.78 Å². The molecule has 0 radical (unpaired) electrons. The summed E-state index contributed by atoms with van der Waals surface area (Å²) in [5.41, 5.74) is 5.22. The molecule has 3 aromatic rings. The number of hydrogen-bond acceptors (Lipinski definition) is 5. The molecule has 1 aromatic heterocycles. The van der Waals surface area contributed by atoms with Crippen LogP contribution in [0.4, 0.5) is 0 Å². The van der Waals surface area contributed by atoms with Gasteiger partial charge in [-0.3, -0.25) is 4.79 Å². The fourth-order valence-electron chi connectivity index (χ4n) is 2.81. The maximum atomic E-state index is 11.7. The lowest BCUT2D eigenvalue weighted by atomic mass is 10.1. The van der Waals surface area contributed by atoms with Crippen molar-refractivity contribution in [3.8, 4) is 0 Å². The fraction of sp³-hybridized carbons (Fsp3) is 0.250. The number of fused-ring (bicyclic) bond motifs is 1. The highest BCUT2D eigenvalue weighted by molar-refractivity contribution is 7.98. The lowest BCUT2D eigenvalue weighted by Gasteiger charge is -2.07. The summed E-state index contributed by atoms with van der Waals surface area (Å²) in [5, 5.41) is 9.93. The smallest absolute Gasteiger partial charge is 0.337 e. The molecule has 2 aromatic carbocycles. The summed E-state index contributed by atoms with van der Waals surface area (Å²) >= 11 is 1.44. The van der Waals surface area contributed by atoms with E-state index in [0.717, 1.165) is 27.7 Å². The first kappa shape index (κ1) is 19.0. The molecule has 140 valence electrons. The summed E-state index contributed by atoms with van der Waals surface area (Å²) in [4.78, 5) is 27.6. The molecule has 6 nitrogen and oxygen atoms in total. The topological polar surface area (TPSA) is 81.4 Å². The van der Waals surface area contributed by atoms with E-state index in [1.807, 2.05) is 32.0 Å². The molecule has 1 heterocycles. The maximum absolute atomic E-state index is 11.7. The molecule has 0 fully saturated rings. The Kier molecular flexibility index (Phi) is 5.51. The number of imidazole rings is 1. The quantitative estimate of drug-likeness (QED) is 0.514. The number of ether oxygens (including phenoxy) is 1. The molecule has 0 aliphatic rings. The number of methoxy groups -OCH3 is 1. The van der Waals surface area contributed by atoms with Gasteiger partial charge in [0.15, 0.2) is 5.16 Å². The summed E-state index contributed by atoms with van der Waals surface area (Å²) < 4.78 is 6.47. The third kappa shape index (κ3) is 4.14. The van der Waals surface area contributed by atoms with Crippen LogP contribution in [-0.4, -0.2) is 33.7 Å². The van der Waals surface area contributed by atoms with E-state index in [9.17, 15) is 14.7 Å². The van der Waals surface area contributed by atoms with Crippen molar-refractivity contribution in [3.63, 3.8) is 0 Å². The first-order valence-electron chi connectivity index (χ1n) is 8.38. The highest BCUT2D eigenvalue weighted by atomic mass is 32.2. The molecular formula is C20H20N2O4S. The van der Waals surface area contributed by atoms with Crippen LogP contribution < -0.4 is 0 Å². The van der Waals surface area contributed by atoms with Crippen LogP contribution in [0.5, 0.6) is 0 Å². The lowest BCUT2D eigenvalue weighted by molar-refractivity contribution is -0.137. The van der Waals surface area contributed by atoms with E-state index in [4.69, 9.17) is 4.74 Å². The van der Waals surface area contributed by atoms with Crippen LogP contribution in [0.3, 0.4) is 0 Å². The molecule has 0 amide bonds. The Morgan fingerprint density at radius 1 is 1.19 bits per heavy atom. The number of thioether (sulfide) groups is 1. The zero-order chi connectivity index (χ0) is 19.6. The Balaban J connectivity index is 1.92. The summed E-state index contributed by atoms with van der Waals surface area (Å²) in [7, 11) is 1.35. The minimum absolute atomic E-state index is 0.149. The van der Waals surface area contributed by atoms with Gasteiger partial charge in [0, 0.05) is 5.75 Å². The normalized spacial score (nSPS) is 10.9. The first-order chi connectivity index (χ1) is 12.9. The van der Waals surface area contributed by atoms with Crippen molar-refractivity contribution in [3.05, 3.63) is 58.7 Å². The maximum Gasteiger partial charge on any atom is 0.337 e. The number of rotatable bonds is 6. The van der Waals surface area contributed by atoms with Crippen LogP contribution in [0.25, 0.3) is 11.0 Å². The largest absolute Gasteiger partial charge is 0.480 e. The molecular weight excluding hydrogens is 364 g/mol. The van der Waals surface area contributed by atoms with Crippen LogP contribution in [0.1, 0.15) is 27.0 Å². The fourth-order valence-corrected chi connectivity index (χ4v) is 3.77. The molecule has 0 spiro atoms. The van der Waals surface area contributed by atoms with Crippen LogP contribution in [0, 0.1) is 13.8 Å². The molecule has 1 N–H and O–H groups in total. The number of carboxylic acids is 1. The Morgan fingerprint density at radius 2 is 1.93 bits per heavy atom. The van der Waals surface area contributed by atoms with E-state index in [2.05, 4.69) is 4.98 Å². The molecule has 0 aliphatic carbocycles. The molecule has 27 heavy (non-hydrogen) atoms. The summed E-state index contributed by atoms with van der Waals surface area (Å²) in [6.45, 7) is 3.86. The predicted molar refractivity (Wildman–Crippen MR) is 104 cm³/mol. The van der Waals surface area contributed by atoms with Gasteiger partial charge >= 0.3 is 11.9 Å². The Morgan fingerprint density at radius 3 is 2.63 bits per heavy atom. The molecule has 3 rings (SSSR count). The number of carboxylic acid groups (broad SMARTS) is 1. The molecule has 0 saturated heterocycles. The number of nitrogens with zero attached hydrogens (tertiary/aromatic N) is 2. The minimum atomic E-state index is -0.915. The van der Waals surface area contributed by atoms with E-state index >= 15 is 0 Å². The van der Waals surface area contributed by atoms with Crippen molar-refractivity contribution in [1.82, 2.24) is 9.55 Å². The standard InChI is InChI=1S/C20H20N2O4S/c1-12-7-16-17(8-13(12)2)22(10-18(23)24)20(21-16)27-11-14-5-4-6-15(9-14)19(25)26-3/h4-9H,10-11H2,1-3H3,(H,23,24). The number of carbonyl (C=O) groups is 2. The minimum Gasteiger partial charge on any atom is -0.480 e. The zero-order valence-electron chi connectivity index (χ0n) is 15.4. The van der Waals surface area contributed by atoms with Gasteiger partial charge in [-0.05, 0) is 54.8 Å². The number of aliphatic carboxylic acids is 1. The van der Waals surface area contributed by atoms with Gasteiger partial charge in [0.05, 0.1) is 23.7 Å². The first-order valence-corrected chi connectivity index (χ1v) is 9.37. The van der Waals surface area contributed by atoms with Crippen molar-refractivity contribution in [2.24, 2.45) is 0 Å². The SMILES string of the molecule is COC(=O)c1cccc(CSc2nc3cc(C)c(C)cc3n2CC(=O)O)c1. The van der Waals surface area contributed by atoms with Crippen molar-refractivity contribution in [2.75, 3.05) is 7.11 Å². The highest BCUT2D eigenvalue weighted by Crippen LogP contribution is 2.28. The number of aromatic nitrogens is 2. The second kappa shape index (κ2) is 7.84. The average molecular weight is 384 g/mol. The van der Waals surface area contributed by atoms with E-state index < -0.39 is 5.97 Å². The van der Waals surface area contributed by atoms with Gasteiger partial charge in [0.2, 0.25) is 0 Å². The van der Waals surface area contributed by atoms with Crippen molar-refractivity contribution in [1.29, 1.82) is 0 Å². The molecule has 7 heteroatoms. The predicted octanol–water partition coefficient (Wildman–Crippen LogP) is 3.82. The molecule has 0 bridgehead atoms. The van der Waals surface area contributed by atoms with Crippen molar-refractivity contribution >= 4 is 34.7 Å². The number of benzene rings is 2. The zero-order valence-corrected chi connectivity index (χ0v) is 16.2. The van der Waals surface area contributed by atoms with E-state index in [0.29, 0.717) is 16.5 Å². The van der Waals surface area contributed by atoms with Gasteiger partial charge in [0.25, 0.3) is 0 Å². The monoisotopic (exact) mass is 384 g/mol. The average Bonchev–Trinajstić information content (AvgIpc) is 2.96. The summed E-state index contributed by atoms with van der Waals surface area (Å²) in [6, 6.07) is 11.1. The second-order valence-corrected chi connectivity index (χ2v) is 7.22. The number of aryl methyl sites for hydroxylation is 2. The Hall–Kier alpha value is -2.80. The van der Waals surface area contributed by atoms with Gasteiger partial charge in [-0.2, -0.15) is 0 Å². The Bertz CT molecular complexity index is 1030. The Labute approximate surface area is 161 Å². The van der Waals surface area contributed by atoms with Crippen LogP contribution in [-0.2, 0) is 21.8 Å². The second-order valence-electron chi connectivity index (χ2n) is 6.28. The highest BCUT2D eigenvalue weighted by Gasteiger charge is 2.15.